The Bertz CT molecular complexity index is 210. The second-order valence-electron chi connectivity index (χ2n) is 4.46. The van der Waals surface area contributed by atoms with E-state index in [0.29, 0.717) is 13.1 Å². The van der Waals surface area contributed by atoms with Crippen LogP contribution in [0, 0.1) is 5.41 Å². The minimum Gasteiger partial charge on any atom is -0.854 e. The largest absolute Gasteiger partial charge is 1.00 e. The first kappa shape index (κ1) is 17.4. The van der Waals surface area contributed by atoms with Crippen molar-refractivity contribution in [1.29, 1.82) is 0 Å². The van der Waals surface area contributed by atoms with Crippen LogP contribution >= 0.6 is 0 Å². The summed E-state index contributed by atoms with van der Waals surface area (Å²) >= 11 is 0. The summed E-state index contributed by atoms with van der Waals surface area (Å²) in [6, 6.07) is 0. The normalized spacial score (nSPS) is 25.3. The third-order valence-electron chi connectivity index (χ3n) is 3.07. The van der Waals surface area contributed by atoms with Crippen molar-refractivity contribution in [2.75, 3.05) is 26.2 Å². The Morgan fingerprint density at radius 2 is 1.75 bits per heavy atom. The van der Waals surface area contributed by atoms with Gasteiger partial charge in [-0.15, -0.1) is 6.61 Å². The standard InChI is InChI=1S/C9H14F2NO.C2H6.K/c10-9(11)3-4-12(6-9)5-8(7-13)1-2-8;1-2;/h1-7H2;1-2H3;/q-1;;+1. The minimum atomic E-state index is -2.51. The molecule has 2 fully saturated rings. The van der Waals surface area contributed by atoms with Crippen LogP contribution in [0.4, 0.5) is 8.78 Å². The Morgan fingerprint density at radius 1 is 1.19 bits per heavy atom. The van der Waals surface area contributed by atoms with Gasteiger partial charge >= 0.3 is 51.4 Å². The third kappa shape index (κ3) is 4.96. The molecule has 2 nitrogen and oxygen atoms in total. The first-order valence-electron chi connectivity index (χ1n) is 5.74. The maximum absolute atomic E-state index is 12.8. The molecule has 5 heteroatoms. The van der Waals surface area contributed by atoms with Crippen LogP contribution in [-0.2, 0) is 0 Å². The zero-order chi connectivity index (χ0) is 11.5. The van der Waals surface area contributed by atoms with Gasteiger partial charge in [-0.05, 0) is 18.3 Å². The van der Waals surface area contributed by atoms with Gasteiger partial charge < -0.3 is 5.11 Å². The number of likely N-dealkylation sites (tertiary alicyclic amines) is 1. The molecule has 0 N–H and O–H groups in total. The molecule has 0 aromatic carbocycles. The van der Waals surface area contributed by atoms with Gasteiger partial charge in [0.1, 0.15) is 0 Å². The van der Waals surface area contributed by atoms with Crippen molar-refractivity contribution in [3.8, 4) is 0 Å². The Hall–Kier alpha value is 1.42. The van der Waals surface area contributed by atoms with Crippen LogP contribution < -0.4 is 56.5 Å². The number of hydrogen-bond acceptors (Lipinski definition) is 2. The Morgan fingerprint density at radius 3 is 2.06 bits per heavy atom. The zero-order valence-electron chi connectivity index (χ0n) is 10.6. The molecule has 0 amide bonds. The Kier molecular flexibility index (Phi) is 7.75. The molecule has 2 rings (SSSR count). The second kappa shape index (κ2) is 7.12. The second-order valence-corrected chi connectivity index (χ2v) is 4.46. The molecule has 0 aromatic rings. The van der Waals surface area contributed by atoms with Gasteiger partial charge in [-0.2, -0.15) is 0 Å². The Balaban J connectivity index is 0.000000711. The van der Waals surface area contributed by atoms with Crippen molar-refractivity contribution in [3.63, 3.8) is 0 Å². The fourth-order valence-electron chi connectivity index (χ4n) is 1.94. The fraction of sp³-hybridized carbons (Fsp3) is 1.00. The molecule has 0 bridgehead atoms. The van der Waals surface area contributed by atoms with Crippen LogP contribution in [0.2, 0.25) is 0 Å². The molecule has 90 valence electrons. The van der Waals surface area contributed by atoms with Crippen LogP contribution in [0.3, 0.4) is 0 Å². The molecule has 16 heavy (non-hydrogen) atoms. The zero-order valence-corrected chi connectivity index (χ0v) is 13.7. The summed E-state index contributed by atoms with van der Waals surface area (Å²) < 4.78 is 25.5. The van der Waals surface area contributed by atoms with E-state index in [4.69, 9.17) is 0 Å². The first-order chi connectivity index (χ1) is 7.05. The summed E-state index contributed by atoms with van der Waals surface area (Å²) in [5, 5.41) is 10.7. The van der Waals surface area contributed by atoms with E-state index < -0.39 is 5.92 Å². The van der Waals surface area contributed by atoms with Crippen LogP contribution in [-0.4, -0.2) is 37.1 Å². The van der Waals surface area contributed by atoms with E-state index in [1.54, 1.807) is 4.90 Å². The van der Waals surface area contributed by atoms with Gasteiger partial charge in [-0.25, -0.2) is 8.78 Å². The molecule has 0 aromatic heterocycles. The topological polar surface area (TPSA) is 26.3 Å². The minimum absolute atomic E-state index is 0. The molecule has 1 saturated carbocycles. The number of alkyl halides is 2. The first-order valence-corrected chi connectivity index (χ1v) is 5.74. The summed E-state index contributed by atoms with van der Waals surface area (Å²) in [5.41, 5.74) is -0.138. The van der Waals surface area contributed by atoms with E-state index in [9.17, 15) is 13.9 Å². The number of halogens is 2. The van der Waals surface area contributed by atoms with E-state index in [1.165, 1.54) is 0 Å². The SMILES string of the molecule is CC.[K+].[O-]CC1(CN2CCC(F)(F)C2)CC1. The van der Waals surface area contributed by atoms with Gasteiger partial charge in [-0.3, -0.25) is 4.90 Å². The van der Waals surface area contributed by atoms with Crippen molar-refractivity contribution in [2.45, 2.75) is 39.0 Å². The number of nitrogens with zero attached hydrogens (tertiary/aromatic N) is 1. The maximum atomic E-state index is 12.8. The molecule has 1 heterocycles. The summed E-state index contributed by atoms with van der Waals surface area (Å²) in [4.78, 5) is 1.74. The van der Waals surface area contributed by atoms with Crippen molar-refractivity contribution in [2.24, 2.45) is 5.41 Å². The van der Waals surface area contributed by atoms with E-state index in [1.807, 2.05) is 13.8 Å². The monoisotopic (exact) mass is 259 g/mol. The number of rotatable bonds is 3. The van der Waals surface area contributed by atoms with Gasteiger partial charge in [0.2, 0.25) is 0 Å². The predicted octanol–water partition coefficient (Wildman–Crippen LogP) is -1.50. The summed E-state index contributed by atoms with van der Waals surface area (Å²) in [7, 11) is 0. The molecule has 1 aliphatic carbocycles. The van der Waals surface area contributed by atoms with Crippen LogP contribution in [0.1, 0.15) is 33.1 Å². The van der Waals surface area contributed by atoms with Crippen LogP contribution in [0.5, 0.6) is 0 Å². The number of hydrogen-bond donors (Lipinski definition) is 0. The van der Waals surface area contributed by atoms with E-state index in [2.05, 4.69) is 0 Å². The molecule has 0 unspecified atom stereocenters. The van der Waals surface area contributed by atoms with Crippen molar-refractivity contribution < 1.29 is 65.3 Å². The molecular formula is C11H20F2KNO. The summed E-state index contributed by atoms with van der Waals surface area (Å²) in [6.45, 7) is 4.80. The molecule has 0 atom stereocenters. The van der Waals surface area contributed by atoms with Gasteiger partial charge in [0.05, 0.1) is 6.54 Å². The summed E-state index contributed by atoms with van der Waals surface area (Å²) in [5.74, 6) is -2.51. The average molecular weight is 259 g/mol. The van der Waals surface area contributed by atoms with Crippen molar-refractivity contribution in [1.82, 2.24) is 4.90 Å². The average Bonchev–Trinajstić information content (AvgIpc) is 2.90. The Labute approximate surface area is 139 Å². The predicted molar refractivity (Wildman–Crippen MR) is 53.9 cm³/mol. The van der Waals surface area contributed by atoms with E-state index >= 15 is 0 Å². The van der Waals surface area contributed by atoms with Crippen molar-refractivity contribution >= 4 is 0 Å². The van der Waals surface area contributed by atoms with Crippen molar-refractivity contribution in [3.05, 3.63) is 0 Å². The van der Waals surface area contributed by atoms with E-state index in [0.717, 1.165) is 12.8 Å². The van der Waals surface area contributed by atoms with Gasteiger partial charge in [0.25, 0.3) is 5.92 Å². The van der Waals surface area contributed by atoms with E-state index in [-0.39, 0.29) is 76.4 Å². The fourth-order valence-corrected chi connectivity index (χ4v) is 1.94. The molecular weight excluding hydrogens is 239 g/mol. The van der Waals surface area contributed by atoms with Gasteiger partial charge in [0.15, 0.2) is 0 Å². The van der Waals surface area contributed by atoms with Crippen LogP contribution in [0.15, 0.2) is 0 Å². The summed E-state index contributed by atoms with van der Waals surface area (Å²) in [6.07, 6.45) is 1.82. The molecule has 0 spiro atoms. The quantitative estimate of drug-likeness (QED) is 0.577. The molecule has 1 saturated heterocycles. The maximum Gasteiger partial charge on any atom is 1.00 e. The van der Waals surface area contributed by atoms with Crippen LogP contribution in [0.25, 0.3) is 0 Å². The molecule has 0 radical (unpaired) electrons. The van der Waals surface area contributed by atoms with Gasteiger partial charge in [-0.1, -0.05) is 13.8 Å². The third-order valence-corrected chi connectivity index (χ3v) is 3.07. The molecule has 1 aliphatic heterocycles. The molecule has 2 aliphatic rings. The van der Waals surface area contributed by atoms with Gasteiger partial charge in [0, 0.05) is 19.5 Å². The smallest absolute Gasteiger partial charge is 0.854 e.